The molecule has 0 aliphatic carbocycles. The molecule has 3 aromatic rings. The third-order valence-electron chi connectivity index (χ3n) is 4.79. The van der Waals surface area contributed by atoms with Crippen molar-refractivity contribution < 1.29 is 9.59 Å². The molecule has 28 heavy (non-hydrogen) atoms. The van der Waals surface area contributed by atoms with Crippen molar-refractivity contribution in [3.8, 4) is 0 Å². The zero-order valence-electron chi connectivity index (χ0n) is 16.7. The second-order valence-corrected chi connectivity index (χ2v) is 7.09. The first-order chi connectivity index (χ1) is 13.4. The van der Waals surface area contributed by atoms with Gasteiger partial charge in [0.15, 0.2) is 0 Å². The molecule has 0 spiro atoms. The van der Waals surface area contributed by atoms with Crippen LogP contribution in [-0.4, -0.2) is 23.3 Å². The van der Waals surface area contributed by atoms with Gasteiger partial charge >= 0.3 is 0 Å². The van der Waals surface area contributed by atoms with Crippen LogP contribution in [0.3, 0.4) is 0 Å². The van der Waals surface area contributed by atoms with Gasteiger partial charge in [0.1, 0.15) is 0 Å². The molecule has 0 radical (unpaired) electrons. The van der Waals surface area contributed by atoms with Crippen molar-refractivity contribution in [1.29, 1.82) is 0 Å². The minimum atomic E-state index is -0.117. The number of nitrogens with zero attached hydrogens (tertiary/aromatic N) is 2. The summed E-state index contributed by atoms with van der Waals surface area (Å²) in [6, 6.07) is 13.6. The minimum absolute atomic E-state index is 0.116. The Kier molecular flexibility index (Phi) is 5.73. The van der Waals surface area contributed by atoms with Gasteiger partial charge in [-0.1, -0.05) is 35.9 Å². The van der Waals surface area contributed by atoms with E-state index in [9.17, 15) is 9.59 Å². The van der Waals surface area contributed by atoms with Gasteiger partial charge in [-0.05, 0) is 44.0 Å². The number of fused-ring (bicyclic) bond motifs is 1. The minimum Gasteiger partial charge on any atom is -0.326 e. The highest BCUT2D eigenvalue weighted by Gasteiger charge is 2.17. The zero-order chi connectivity index (χ0) is 20.3. The normalized spacial score (nSPS) is 10.7. The standard InChI is InChI=1S/C23H25N3O2/c1-15-13-16(2)22(17(3)14-15)25-21(28)10-12-26(18(4)27)20-9-5-7-19-8-6-11-24-23(19)20/h5-9,11,13-14H,10,12H2,1-4H3,(H,25,28). The summed E-state index contributed by atoms with van der Waals surface area (Å²) in [5.41, 5.74) is 5.56. The molecule has 144 valence electrons. The molecule has 0 atom stereocenters. The predicted molar refractivity (Wildman–Crippen MR) is 114 cm³/mol. The molecule has 5 nitrogen and oxygen atoms in total. The number of rotatable bonds is 5. The lowest BCUT2D eigenvalue weighted by Gasteiger charge is -2.22. The molecule has 0 saturated carbocycles. The Bertz CT molecular complexity index is 1010. The van der Waals surface area contributed by atoms with Gasteiger partial charge < -0.3 is 10.2 Å². The van der Waals surface area contributed by atoms with Gasteiger partial charge in [0, 0.05) is 37.2 Å². The van der Waals surface area contributed by atoms with Gasteiger partial charge in [0.25, 0.3) is 0 Å². The molecule has 0 unspecified atom stereocenters. The van der Waals surface area contributed by atoms with E-state index in [-0.39, 0.29) is 18.2 Å². The first-order valence-corrected chi connectivity index (χ1v) is 9.36. The van der Waals surface area contributed by atoms with E-state index < -0.39 is 0 Å². The molecule has 5 heteroatoms. The number of hydrogen-bond donors (Lipinski definition) is 1. The average molecular weight is 375 g/mol. The van der Waals surface area contributed by atoms with E-state index in [0.717, 1.165) is 33.4 Å². The van der Waals surface area contributed by atoms with Crippen molar-refractivity contribution in [2.45, 2.75) is 34.1 Å². The van der Waals surface area contributed by atoms with Crippen LogP contribution in [0, 0.1) is 20.8 Å². The highest BCUT2D eigenvalue weighted by molar-refractivity contribution is 6.02. The van der Waals surface area contributed by atoms with Crippen LogP contribution in [0.5, 0.6) is 0 Å². The quantitative estimate of drug-likeness (QED) is 0.712. The molecular formula is C23H25N3O2. The number of para-hydroxylation sites is 1. The van der Waals surface area contributed by atoms with Gasteiger partial charge in [-0.25, -0.2) is 0 Å². The predicted octanol–water partition coefficient (Wildman–Crippen LogP) is 4.54. The average Bonchev–Trinajstić information content (AvgIpc) is 2.64. The largest absolute Gasteiger partial charge is 0.326 e. The molecule has 0 saturated heterocycles. The number of benzene rings is 2. The van der Waals surface area contributed by atoms with E-state index in [4.69, 9.17) is 0 Å². The summed E-state index contributed by atoms with van der Waals surface area (Å²) in [5, 5.41) is 3.96. The SMILES string of the molecule is CC(=O)N(CCC(=O)Nc1c(C)cc(C)cc1C)c1cccc2cccnc12. The van der Waals surface area contributed by atoms with Crippen molar-refractivity contribution in [1.82, 2.24) is 4.98 Å². The summed E-state index contributed by atoms with van der Waals surface area (Å²) in [5.74, 6) is -0.233. The number of aromatic nitrogens is 1. The lowest BCUT2D eigenvalue weighted by Crippen LogP contribution is -2.32. The number of carbonyl (C=O) groups excluding carboxylic acids is 2. The monoisotopic (exact) mass is 375 g/mol. The maximum absolute atomic E-state index is 12.6. The van der Waals surface area contributed by atoms with Crippen LogP contribution in [0.4, 0.5) is 11.4 Å². The number of carbonyl (C=O) groups is 2. The van der Waals surface area contributed by atoms with E-state index in [0.29, 0.717) is 6.54 Å². The second kappa shape index (κ2) is 8.21. The van der Waals surface area contributed by atoms with Crippen molar-refractivity contribution in [2.75, 3.05) is 16.8 Å². The highest BCUT2D eigenvalue weighted by atomic mass is 16.2. The van der Waals surface area contributed by atoms with Gasteiger partial charge in [-0.15, -0.1) is 0 Å². The fourth-order valence-corrected chi connectivity index (χ4v) is 3.55. The Morgan fingerprint density at radius 1 is 1.04 bits per heavy atom. The number of nitrogens with one attached hydrogen (secondary N) is 1. The topological polar surface area (TPSA) is 62.3 Å². The zero-order valence-corrected chi connectivity index (χ0v) is 16.7. The molecular weight excluding hydrogens is 350 g/mol. The number of amides is 2. The Balaban J connectivity index is 1.77. The molecule has 0 fully saturated rings. The molecule has 0 aliphatic rings. The van der Waals surface area contributed by atoms with Crippen LogP contribution in [0.25, 0.3) is 10.9 Å². The van der Waals surface area contributed by atoms with Crippen molar-refractivity contribution >= 4 is 34.1 Å². The number of hydrogen-bond acceptors (Lipinski definition) is 3. The Labute approximate surface area is 165 Å². The van der Waals surface area contributed by atoms with Crippen LogP contribution in [-0.2, 0) is 9.59 Å². The summed E-state index contributed by atoms with van der Waals surface area (Å²) in [4.78, 5) is 30.9. The van der Waals surface area contributed by atoms with E-state index in [1.54, 1.807) is 11.1 Å². The maximum Gasteiger partial charge on any atom is 0.226 e. The van der Waals surface area contributed by atoms with E-state index in [2.05, 4.69) is 10.3 Å². The summed E-state index contributed by atoms with van der Waals surface area (Å²) in [6.07, 6.45) is 1.91. The summed E-state index contributed by atoms with van der Waals surface area (Å²) in [6.45, 7) is 7.81. The first kappa shape index (κ1) is 19.5. The molecule has 0 bridgehead atoms. The molecule has 1 N–H and O–H groups in total. The molecule has 1 heterocycles. The number of aryl methyl sites for hydroxylation is 3. The lowest BCUT2D eigenvalue weighted by molar-refractivity contribution is -0.117. The summed E-state index contributed by atoms with van der Waals surface area (Å²) < 4.78 is 0. The van der Waals surface area contributed by atoms with Crippen molar-refractivity contribution in [2.24, 2.45) is 0 Å². The van der Waals surface area contributed by atoms with Crippen LogP contribution >= 0.6 is 0 Å². The Morgan fingerprint density at radius 3 is 2.39 bits per heavy atom. The third-order valence-corrected chi connectivity index (χ3v) is 4.79. The third kappa shape index (κ3) is 4.19. The second-order valence-electron chi connectivity index (χ2n) is 7.09. The molecule has 2 aromatic carbocycles. The number of anilines is 2. The Morgan fingerprint density at radius 2 is 1.71 bits per heavy atom. The van der Waals surface area contributed by atoms with Crippen LogP contribution in [0.15, 0.2) is 48.7 Å². The van der Waals surface area contributed by atoms with E-state index >= 15 is 0 Å². The van der Waals surface area contributed by atoms with Gasteiger partial charge in [-0.3, -0.25) is 14.6 Å². The summed E-state index contributed by atoms with van der Waals surface area (Å²) in [7, 11) is 0. The summed E-state index contributed by atoms with van der Waals surface area (Å²) >= 11 is 0. The fraction of sp³-hybridized carbons (Fsp3) is 0.261. The van der Waals surface area contributed by atoms with Crippen molar-refractivity contribution in [3.63, 3.8) is 0 Å². The fourth-order valence-electron chi connectivity index (χ4n) is 3.55. The molecule has 3 rings (SSSR count). The van der Waals surface area contributed by atoms with Crippen molar-refractivity contribution in [3.05, 3.63) is 65.4 Å². The van der Waals surface area contributed by atoms with Crippen LogP contribution in [0.2, 0.25) is 0 Å². The lowest BCUT2D eigenvalue weighted by atomic mass is 10.0. The van der Waals surface area contributed by atoms with Gasteiger partial charge in [0.2, 0.25) is 11.8 Å². The van der Waals surface area contributed by atoms with E-state index in [1.165, 1.54) is 12.5 Å². The van der Waals surface area contributed by atoms with Crippen LogP contribution in [0.1, 0.15) is 30.0 Å². The Hall–Kier alpha value is -3.21. The first-order valence-electron chi connectivity index (χ1n) is 9.36. The molecule has 1 aromatic heterocycles. The van der Waals surface area contributed by atoms with Gasteiger partial charge in [0.05, 0.1) is 11.2 Å². The number of pyridine rings is 1. The maximum atomic E-state index is 12.6. The van der Waals surface area contributed by atoms with Gasteiger partial charge in [-0.2, -0.15) is 0 Å². The molecule has 0 aliphatic heterocycles. The van der Waals surface area contributed by atoms with Crippen LogP contribution < -0.4 is 10.2 Å². The smallest absolute Gasteiger partial charge is 0.226 e. The van der Waals surface area contributed by atoms with E-state index in [1.807, 2.05) is 63.2 Å². The highest BCUT2D eigenvalue weighted by Crippen LogP contribution is 2.26. The molecule has 2 amide bonds.